The summed E-state index contributed by atoms with van der Waals surface area (Å²) in [7, 11) is 0. The number of ether oxygens (including phenoxy) is 1. The van der Waals surface area contributed by atoms with Gasteiger partial charge in [0, 0.05) is 29.7 Å². The number of hydrogen-bond donors (Lipinski definition) is 0. The van der Waals surface area contributed by atoms with Crippen LogP contribution in [0.25, 0.3) is 0 Å². The van der Waals surface area contributed by atoms with E-state index in [4.69, 9.17) is 9.84 Å². The van der Waals surface area contributed by atoms with Crippen molar-refractivity contribution in [2.75, 3.05) is 0 Å². The van der Waals surface area contributed by atoms with E-state index < -0.39 is 22.8 Å². The molecule has 0 aliphatic carbocycles. The van der Waals surface area contributed by atoms with Crippen molar-refractivity contribution in [1.29, 1.82) is 0 Å². The summed E-state index contributed by atoms with van der Waals surface area (Å²) in [6, 6.07) is 17.2. The molecule has 0 saturated heterocycles. The Labute approximate surface area is 170 Å². The van der Waals surface area contributed by atoms with Crippen LogP contribution in [0.2, 0.25) is 0 Å². The molecule has 30 heavy (non-hydrogen) atoms. The van der Waals surface area contributed by atoms with E-state index in [0.717, 1.165) is 23.4 Å². The smallest absolute Gasteiger partial charge is 0.270 e. The minimum atomic E-state index is -0.978. The minimum absolute atomic E-state index is 0.0447. The van der Waals surface area contributed by atoms with E-state index in [1.807, 2.05) is 30.3 Å². The minimum Gasteiger partial charge on any atom is -0.464 e. The van der Waals surface area contributed by atoms with Crippen molar-refractivity contribution in [1.82, 2.24) is 5.01 Å². The Morgan fingerprint density at radius 2 is 1.83 bits per heavy atom. The molecule has 2 atom stereocenters. The van der Waals surface area contributed by atoms with E-state index in [1.165, 1.54) is 24.3 Å². The molecule has 0 aromatic heterocycles. The third kappa shape index (κ3) is 2.97. The van der Waals surface area contributed by atoms with E-state index in [2.05, 4.69) is 0 Å². The molecule has 3 aromatic carbocycles. The molecular formula is C22H15F2N3O3. The number of hydrogen-bond acceptors (Lipinski definition) is 5. The molecule has 0 bridgehead atoms. The molecule has 150 valence electrons. The average molecular weight is 407 g/mol. The lowest BCUT2D eigenvalue weighted by atomic mass is 9.95. The average Bonchev–Trinajstić information content (AvgIpc) is 3.21. The van der Waals surface area contributed by atoms with Crippen LogP contribution in [0.15, 0.2) is 71.8 Å². The fourth-order valence-electron chi connectivity index (χ4n) is 3.88. The Kier molecular flexibility index (Phi) is 4.20. The number of non-ortho nitro benzene ring substituents is 1. The highest BCUT2D eigenvalue weighted by Gasteiger charge is 2.41. The number of nitrogens with zero attached hydrogens (tertiary/aromatic N) is 3. The first-order valence-corrected chi connectivity index (χ1v) is 9.32. The fourth-order valence-corrected chi connectivity index (χ4v) is 3.88. The van der Waals surface area contributed by atoms with Gasteiger partial charge < -0.3 is 4.74 Å². The summed E-state index contributed by atoms with van der Waals surface area (Å²) in [5.41, 5.74) is 2.70. The summed E-state index contributed by atoms with van der Waals surface area (Å²) in [6.07, 6.45) is -0.290. The zero-order chi connectivity index (χ0) is 20.8. The summed E-state index contributed by atoms with van der Waals surface area (Å²) in [6.45, 7) is 0. The lowest BCUT2D eigenvalue weighted by molar-refractivity contribution is -0.385. The summed E-state index contributed by atoms with van der Waals surface area (Å²) in [5.74, 6) is -1.47. The van der Waals surface area contributed by atoms with Gasteiger partial charge in [0.25, 0.3) is 5.69 Å². The largest absolute Gasteiger partial charge is 0.464 e. The van der Waals surface area contributed by atoms with Crippen molar-refractivity contribution in [3.63, 3.8) is 0 Å². The molecule has 0 fully saturated rings. The number of halogens is 2. The first-order valence-electron chi connectivity index (χ1n) is 9.32. The normalized spacial score (nSPS) is 19.5. The van der Waals surface area contributed by atoms with Crippen LogP contribution in [0.4, 0.5) is 14.5 Å². The van der Waals surface area contributed by atoms with Gasteiger partial charge in [0.2, 0.25) is 6.23 Å². The van der Waals surface area contributed by atoms with Gasteiger partial charge in [0.05, 0.1) is 16.7 Å². The van der Waals surface area contributed by atoms with Crippen molar-refractivity contribution in [3.8, 4) is 5.75 Å². The Morgan fingerprint density at radius 1 is 1.03 bits per heavy atom. The summed E-state index contributed by atoms with van der Waals surface area (Å²) < 4.78 is 33.4. The van der Waals surface area contributed by atoms with E-state index in [0.29, 0.717) is 23.3 Å². The first kappa shape index (κ1) is 18.2. The number of nitro groups is 1. The van der Waals surface area contributed by atoms with Gasteiger partial charge in [-0.25, -0.2) is 13.8 Å². The highest BCUT2D eigenvalue weighted by molar-refractivity contribution is 6.01. The fraction of sp³-hybridized carbons (Fsp3) is 0.136. The summed E-state index contributed by atoms with van der Waals surface area (Å²) in [5, 5.41) is 17.6. The third-order valence-electron chi connectivity index (χ3n) is 5.32. The van der Waals surface area contributed by atoms with Gasteiger partial charge >= 0.3 is 0 Å². The highest BCUT2D eigenvalue weighted by atomic mass is 19.2. The lowest BCUT2D eigenvalue weighted by Gasteiger charge is -2.38. The Balaban J connectivity index is 1.62. The second kappa shape index (κ2) is 6.91. The van der Waals surface area contributed by atoms with Crippen molar-refractivity contribution >= 4 is 11.4 Å². The monoisotopic (exact) mass is 407 g/mol. The molecule has 0 amide bonds. The second-order valence-electron chi connectivity index (χ2n) is 7.14. The van der Waals surface area contributed by atoms with Gasteiger partial charge in [0.15, 0.2) is 11.6 Å². The number of hydrazone groups is 1. The molecule has 2 heterocycles. The molecule has 8 heteroatoms. The number of fused-ring (bicyclic) bond motifs is 3. The predicted octanol–water partition coefficient (Wildman–Crippen LogP) is 5.12. The standard InChI is InChI=1S/C22H15F2N3O3/c23-17-8-6-14(10-18(17)24)22-26-20(12-19(25-26)13-4-2-1-3-5-13)16-11-15(27(28)29)7-9-21(16)30-22/h1-11,20,22H,12H2/t20-,22-/m1/s1. The molecule has 2 aliphatic rings. The first-order chi connectivity index (χ1) is 14.5. The molecule has 0 unspecified atom stereocenters. The molecular weight excluding hydrogens is 392 g/mol. The van der Waals surface area contributed by atoms with Crippen LogP contribution < -0.4 is 4.74 Å². The second-order valence-corrected chi connectivity index (χ2v) is 7.14. The maximum Gasteiger partial charge on any atom is 0.270 e. The molecule has 0 N–H and O–H groups in total. The molecule has 0 radical (unpaired) electrons. The SMILES string of the molecule is O=[N+]([O-])c1ccc2c(c1)[C@H]1CC(c3ccccc3)=NN1[C@@H](c1ccc(F)c(F)c1)O2. The van der Waals surface area contributed by atoms with E-state index in [9.17, 15) is 18.9 Å². The predicted molar refractivity (Wildman–Crippen MR) is 105 cm³/mol. The Bertz CT molecular complexity index is 1180. The van der Waals surface area contributed by atoms with Crippen molar-refractivity contribution in [2.24, 2.45) is 5.10 Å². The van der Waals surface area contributed by atoms with Crippen LogP contribution >= 0.6 is 0 Å². The van der Waals surface area contributed by atoms with Crippen LogP contribution in [0.1, 0.15) is 35.4 Å². The van der Waals surface area contributed by atoms with Gasteiger partial charge in [-0.05, 0) is 23.8 Å². The number of benzene rings is 3. The lowest BCUT2D eigenvalue weighted by Crippen LogP contribution is -2.33. The van der Waals surface area contributed by atoms with Crippen LogP contribution in [0, 0.1) is 21.7 Å². The zero-order valence-corrected chi connectivity index (χ0v) is 15.5. The van der Waals surface area contributed by atoms with E-state index in [-0.39, 0.29) is 11.7 Å². The summed E-state index contributed by atoms with van der Waals surface area (Å²) >= 11 is 0. The quantitative estimate of drug-likeness (QED) is 0.447. The molecule has 2 aliphatic heterocycles. The van der Waals surface area contributed by atoms with Gasteiger partial charge in [-0.1, -0.05) is 36.4 Å². The van der Waals surface area contributed by atoms with Crippen molar-refractivity contribution in [3.05, 3.63) is 105 Å². The van der Waals surface area contributed by atoms with Crippen LogP contribution in [0.5, 0.6) is 5.75 Å². The van der Waals surface area contributed by atoms with Crippen LogP contribution in [-0.2, 0) is 0 Å². The molecule has 5 rings (SSSR count). The highest BCUT2D eigenvalue weighted by Crippen LogP contribution is 2.48. The molecule has 0 spiro atoms. The van der Waals surface area contributed by atoms with Gasteiger partial charge in [-0.15, -0.1) is 0 Å². The molecule has 0 saturated carbocycles. The summed E-state index contributed by atoms with van der Waals surface area (Å²) in [4.78, 5) is 10.8. The molecule has 6 nitrogen and oxygen atoms in total. The van der Waals surface area contributed by atoms with Crippen molar-refractivity contribution in [2.45, 2.75) is 18.7 Å². The van der Waals surface area contributed by atoms with E-state index in [1.54, 1.807) is 5.01 Å². The Hall–Kier alpha value is -3.81. The number of nitro benzene ring substituents is 1. The van der Waals surface area contributed by atoms with Crippen molar-refractivity contribution < 1.29 is 18.4 Å². The number of rotatable bonds is 3. The van der Waals surface area contributed by atoms with E-state index >= 15 is 0 Å². The Morgan fingerprint density at radius 3 is 2.57 bits per heavy atom. The van der Waals surface area contributed by atoms with Crippen LogP contribution in [0.3, 0.4) is 0 Å². The van der Waals surface area contributed by atoms with Crippen LogP contribution in [-0.4, -0.2) is 15.6 Å². The topological polar surface area (TPSA) is 68.0 Å². The van der Waals surface area contributed by atoms with Gasteiger partial charge in [-0.2, -0.15) is 5.10 Å². The third-order valence-corrected chi connectivity index (χ3v) is 5.32. The maximum atomic E-state index is 13.9. The maximum absolute atomic E-state index is 13.9. The zero-order valence-electron chi connectivity index (χ0n) is 15.5. The van der Waals surface area contributed by atoms with Gasteiger partial charge in [0.1, 0.15) is 5.75 Å². The molecule has 3 aromatic rings. The van der Waals surface area contributed by atoms with Gasteiger partial charge in [-0.3, -0.25) is 10.1 Å².